The number of nitrogens with one attached hydrogen (secondary N) is 1. The van der Waals surface area contributed by atoms with Crippen molar-refractivity contribution in [3.05, 3.63) is 106 Å². The number of rotatable bonds is 4. The molecule has 2 aromatic heterocycles. The number of hydrogen-bond donors (Lipinski definition) is 1. The predicted molar refractivity (Wildman–Crippen MR) is 139 cm³/mol. The smallest absolute Gasteiger partial charge is 0.318 e. The summed E-state index contributed by atoms with van der Waals surface area (Å²) in [7, 11) is 1.68. The highest BCUT2D eigenvalue weighted by Gasteiger charge is 2.36. The van der Waals surface area contributed by atoms with Crippen LogP contribution in [-0.2, 0) is 25.9 Å². The van der Waals surface area contributed by atoms with Crippen LogP contribution in [0.5, 0.6) is 5.75 Å². The minimum Gasteiger partial charge on any atom is -0.497 e. The fraction of sp³-hybridized carbons (Fsp3) is 0.276. The van der Waals surface area contributed by atoms with Crippen molar-refractivity contribution in [1.29, 1.82) is 0 Å². The van der Waals surface area contributed by atoms with E-state index in [-0.39, 0.29) is 12.1 Å². The number of urea groups is 1. The van der Waals surface area contributed by atoms with Gasteiger partial charge in [-0.15, -0.1) is 11.3 Å². The Balaban J connectivity index is 1.45. The summed E-state index contributed by atoms with van der Waals surface area (Å²) in [4.78, 5) is 17.4. The molecule has 0 saturated heterocycles. The lowest BCUT2D eigenvalue weighted by Gasteiger charge is -2.31. The SMILES string of the molecule is COc1cccc(C2c3cccn3-c3sc4c(c3CN2C(=O)NCc2ccccc2)CCCC4)c1. The van der Waals surface area contributed by atoms with Crippen molar-refractivity contribution >= 4 is 17.4 Å². The Morgan fingerprint density at radius 2 is 1.89 bits per heavy atom. The highest BCUT2D eigenvalue weighted by molar-refractivity contribution is 7.15. The van der Waals surface area contributed by atoms with Crippen molar-refractivity contribution in [1.82, 2.24) is 14.8 Å². The number of nitrogens with zero attached hydrogens (tertiary/aromatic N) is 2. The van der Waals surface area contributed by atoms with Crippen LogP contribution in [0, 0.1) is 0 Å². The number of methoxy groups -OCH3 is 1. The maximum absolute atomic E-state index is 13.9. The molecule has 1 atom stereocenters. The van der Waals surface area contributed by atoms with E-state index >= 15 is 0 Å². The zero-order valence-electron chi connectivity index (χ0n) is 19.9. The van der Waals surface area contributed by atoms with E-state index < -0.39 is 0 Å². The Kier molecular flexibility index (Phi) is 5.82. The topological polar surface area (TPSA) is 46.5 Å². The summed E-state index contributed by atoms with van der Waals surface area (Å²) in [5.74, 6) is 0.793. The number of carbonyl (C=O) groups is 1. The number of ether oxygens (including phenoxy) is 1. The third-order valence-electron chi connectivity index (χ3n) is 7.14. The lowest BCUT2D eigenvalue weighted by Crippen LogP contribution is -2.41. The van der Waals surface area contributed by atoms with Crippen molar-refractivity contribution in [3.8, 4) is 10.8 Å². The Hall–Kier alpha value is -3.51. The lowest BCUT2D eigenvalue weighted by molar-refractivity contribution is 0.180. The van der Waals surface area contributed by atoms with Gasteiger partial charge < -0.3 is 19.5 Å². The van der Waals surface area contributed by atoms with Gasteiger partial charge >= 0.3 is 6.03 Å². The van der Waals surface area contributed by atoms with Gasteiger partial charge in [0.25, 0.3) is 0 Å². The molecule has 0 radical (unpaired) electrons. The number of hydrogen-bond acceptors (Lipinski definition) is 3. The molecule has 6 heteroatoms. The Morgan fingerprint density at radius 3 is 2.74 bits per heavy atom. The molecule has 4 aromatic rings. The molecular formula is C29H29N3O2S. The minimum absolute atomic E-state index is 0.0574. The maximum Gasteiger partial charge on any atom is 0.318 e. The largest absolute Gasteiger partial charge is 0.497 e. The molecule has 2 aromatic carbocycles. The molecule has 1 unspecified atom stereocenters. The second-order valence-corrected chi connectivity index (χ2v) is 10.3. The number of thiophene rings is 1. The Morgan fingerprint density at radius 1 is 1.03 bits per heavy atom. The van der Waals surface area contributed by atoms with Gasteiger partial charge in [-0.1, -0.05) is 42.5 Å². The third-order valence-corrected chi connectivity index (χ3v) is 8.47. The first kappa shape index (κ1) is 22.0. The van der Waals surface area contributed by atoms with Crippen LogP contribution in [0.15, 0.2) is 72.9 Å². The number of amides is 2. The molecule has 1 N–H and O–H groups in total. The first-order valence-corrected chi connectivity index (χ1v) is 13.1. The molecule has 6 rings (SSSR count). The monoisotopic (exact) mass is 483 g/mol. The third kappa shape index (κ3) is 4.02. The highest BCUT2D eigenvalue weighted by Crippen LogP contribution is 2.44. The fourth-order valence-electron chi connectivity index (χ4n) is 5.42. The molecule has 3 heterocycles. The normalized spacial score (nSPS) is 16.6. The summed E-state index contributed by atoms with van der Waals surface area (Å²) >= 11 is 1.91. The van der Waals surface area contributed by atoms with Crippen LogP contribution in [0.1, 0.15) is 51.7 Å². The molecule has 178 valence electrons. The van der Waals surface area contributed by atoms with Crippen LogP contribution in [0.4, 0.5) is 4.79 Å². The van der Waals surface area contributed by atoms with Gasteiger partial charge in [-0.2, -0.15) is 0 Å². The first-order valence-electron chi connectivity index (χ1n) is 12.3. The molecule has 0 saturated carbocycles. The Bertz CT molecular complexity index is 1360. The summed E-state index contributed by atoms with van der Waals surface area (Å²) in [6, 6.07) is 22.1. The molecule has 0 fully saturated rings. The maximum atomic E-state index is 13.9. The predicted octanol–water partition coefficient (Wildman–Crippen LogP) is 6.24. The molecule has 0 spiro atoms. The van der Waals surface area contributed by atoms with Gasteiger partial charge in [0.1, 0.15) is 10.8 Å². The van der Waals surface area contributed by atoms with Crippen LogP contribution in [0.25, 0.3) is 5.00 Å². The van der Waals surface area contributed by atoms with E-state index in [9.17, 15) is 4.79 Å². The summed E-state index contributed by atoms with van der Waals surface area (Å²) in [5, 5.41) is 4.47. The molecule has 1 aliphatic heterocycles. The van der Waals surface area contributed by atoms with Crippen LogP contribution in [0.3, 0.4) is 0 Å². The number of fused-ring (bicyclic) bond motifs is 5. The average molecular weight is 484 g/mol. The molecule has 0 bridgehead atoms. The van der Waals surface area contributed by atoms with Gasteiger partial charge in [0.2, 0.25) is 0 Å². The van der Waals surface area contributed by atoms with Crippen LogP contribution >= 0.6 is 11.3 Å². The van der Waals surface area contributed by atoms with Crippen LogP contribution in [-0.4, -0.2) is 22.6 Å². The van der Waals surface area contributed by atoms with Crippen molar-refractivity contribution in [3.63, 3.8) is 0 Å². The molecule has 2 aliphatic rings. The second kappa shape index (κ2) is 9.27. The molecule has 5 nitrogen and oxygen atoms in total. The van der Waals surface area contributed by atoms with Crippen LogP contribution < -0.4 is 10.1 Å². The minimum atomic E-state index is -0.227. The van der Waals surface area contributed by atoms with Gasteiger partial charge in [-0.25, -0.2) is 4.79 Å². The van der Waals surface area contributed by atoms with Crippen molar-refractivity contribution in [2.24, 2.45) is 0 Å². The number of aryl methyl sites for hydroxylation is 1. The van der Waals surface area contributed by atoms with E-state index in [1.807, 2.05) is 64.8 Å². The zero-order chi connectivity index (χ0) is 23.8. The summed E-state index contributed by atoms with van der Waals surface area (Å²) in [5.41, 5.74) is 6.00. The van der Waals surface area contributed by atoms with Crippen LogP contribution in [0.2, 0.25) is 0 Å². The van der Waals surface area contributed by atoms with Gasteiger partial charge in [-0.05, 0) is 66.6 Å². The lowest BCUT2D eigenvalue weighted by atomic mass is 9.95. The van der Waals surface area contributed by atoms with Gasteiger partial charge in [0.05, 0.1) is 25.4 Å². The van der Waals surface area contributed by atoms with E-state index in [4.69, 9.17) is 4.74 Å². The van der Waals surface area contributed by atoms with E-state index in [0.717, 1.165) is 35.4 Å². The number of benzene rings is 2. The zero-order valence-corrected chi connectivity index (χ0v) is 20.7. The van der Waals surface area contributed by atoms with E-state index in [1.165, 1.54) is 33.8 Å². The molecule has 1 aliphatic carbocycles. The molecular weight excluding hydrogens is 454 g/mol. The average Bonchev–Trinajstić information content (AvgIpc) is 3.49. The van der Waals surface area contributed by atoms with Crippen molar-refractivity contribution in [2.75, 3.05) is 7.11 Å². The van der Waals surface area contributed by atoms with E-state index in [1.54, 1.807) is 7.11 Å². The quantitative estimate of drug-likeness (QED) is 0.373. The van der Waals surface area contributed by atoms with Crippen molar-refractivity contribution in [2.45, 2.75) is 44.8 Å². The summed E-state index contributed by atoms with van der Waals surface area (Å²) in [6.07, 6.45) is 6.85. The highest BCUT2D eigenvalue weighted by atomic mass is 32.1. The van der Waals surface area contributed by atoms with Gasteiger partial charge in [-0.3, -0.25) is 0 Å². The summed E-state index contributed by atoms with van der Waals surface area (Å²) < 4.78 is 7.86. The summed E-state index contributed by atoms with van der Waals surface area (Å²) in [6.45, 7) is 1.09. The molecule has 35 heavy (non-hydrogen) atoms. The molecule has 2 amide bonds. The number of aromatic nitrogens is 1. The van der Waals surface area contributed by atoms with Gasteiger partial charge in [0.15, 0.2) is 0 Å². The number of carbonyl (C=O) groups excluding carboxylic acids is 1. The Labute approximate surface area is 210 Å². The standard InChI is InChI=1S/C29H29N3O2S/c1-34-22-12-7-11-21(17-22)27-25-14-8-16-31(25)28-24(23-13-5-6-15-26(23)35-28)19-32(27)29(33)30-18-20-9-3-2-4-10-20/h2-4,7-12,14,16-17,27H,5-6,13,15,18-19H2,1H3,(H,30,33). The van der Waals surface area contributed by atoms with Crippen molar-refractivity contribution < 1.29 is 9.53 Å². The van der Waals surface area contributed by atoms with E-state index in [0.29, 0.717) is 13.1 Å². The fourth-order valence-corrected chi connectivity index (χ4v) is 6.83. The van der Waals surface area contributed by atoms with E-state index in [2.05, 4.69) is 34.3 Å². The second-order valence-electron chi connectivity index (χ2n) is 9.25. The first-order chi connectivity index (χ1) is 17.2. The van der Waals surface area contributed by atoms with Gasteiger partial charge in [0, 0.05) is 23.2 Å².